The molecular formula is C34H41N3O. The Kier molecular flexibility index (Phi) is 8.17. The molecule has 4 aromatic rings. The zero-order valence-corrected chi connectivity index (χ0v) is 23.4. The van der Waals surface area contributed by atoms with Gasteiger partial charge in [0.2, 0.25) is 0 Å². The molecule has 0 saturated carbocycles. The van der Waals surface area contributed by atoms with Crippen LogP contribution in [0.2, 0.25) is 0 Å². The number of anilines is 2. The molecule has 2 heterocycles. The predicted molar refractivity (Wildman–Crippen MR) is 161 cm³/mol. The van der Waals surface area contributed by atoms with Gasteiger partial charge >= 0.3 is 0 Å². The third-order valence-electron chi connectivity index (χ3n) is 7.92. The van der Waals surface area contributed by atoms with E-state index in [1.54, 1.807) is 0 Å². The molecule has 0 amide bonds. The lowest BCUT2D eigenvalue weighted by Gasteiger charge is -2.22. The molecule has 5 rings (SSSR count). The lowest BCUT2D eigenvalue weighted by Crippen LogP contribution is -2.08. The number of allylic oxidation sites excluding steroid dienone is 1. The Morgan fingerprint density at radius 3 is 2.71 bits per heavy atom. The van der Waals surface area contributed by atoms with E-state index < -0.39 is 0 Å². The van der Waals surface area contributed by atoms with Crippen molar-refractivity contribution in [2.45, 2.75) is 72.6 Å². The summed E-state index contributed by atoms with van der Waals surface area (Å²) < 4.78 is 5.71. The molecule has 198 valence electrons. The number of hydrogen-bond acceptors (Lipinski definition) is 3. The van der Waals surface area contributed by atoms with Gasteiger partial charge in [-0.25, -0.2) is 0 Å². The van der Waals surface area contributed by atoms with E-state index in [0.29, 0.717) is 12.5 Å². The molecule has 2 N–H and O–H groups in total. The van der Waals surface area contributed by atoms with Gasteiger partial charge < -0.3 is 15.0 Å². The largest absolute Gasteiger partial charge is 0.494 e. The van der Waals surface area contributed by atoms with Crippen LogP contribution in [0.3, 0.4) is 0 Å². The van der Waals surface area contributed by atoms with E-state index in [1.165, 1.54) is 69.5 Å². The summed E-state index contributed by atoms with van der Waals surface area (Å²) in [5, 5.41) is 5.04. The quantitative estimate of drug-likeness (QED) is 0.199. The first kappa shape index (κ1) is 26.1. The maximum atomic E-state index is 5.71. The molecule has 2 aromatic carbocycles. The van der Waals surface area contributed by atoms with Crippen molar-refractivity contribution in [2.24, 2.45) is 5.92 Å². The number of fused-ring (bicyclic) bond motifs is 2. The number of H-pyrrole nitrogens is 1. The van der Waals surface area contributed by atoms with E-state index in [9.17, 15) is 0 Å². The van der Waals surface area contributed by atoms with Crippen molar-refractivity contribution in [2.75, 3.05) is 11.9 Å². The van der Waals surface area contributed by atoms with Gasteiger partial charge in [0.05, 0.1) is 6.61 Å². The fourth-order valence-electron chi connectivity index (χ4n) is 5.69. The standard InChI is InChI=1S/C34H41N3O/c1-5-25-15-17-29-26(20-25)12-10-14-33(29)37-34-19-23(3)36-31(24(34)4)13-9-7-8-11-27-22-35-32-18-16-28(38-6-2)21-30(27)32/h10,12,14-19,21-22,25,35H,5-9,11,13,20H2,1-4H3,(H,36,37). The molecule has 4 nitrogen and oxygen atoms in total. The first-order chi connectivity index (χ1) is 18.6. The second-order valence-corrected chi connectivity index (χ2v) is 10.6. The summed E-state index contributed by atoms with van der Waals surface area (Å²) in [6.07, 6.45) is 14.7. The maximum Gasteiger partial charge on any atom is 0.120 e. The van der Waals surface area contributed by atoms with Crippen LogP contribution in [0.15, 0.2) is 54.7 Å². The van der Waals surface area contributed by atoms with Crippen molar-refractivity contribution >= 4 is 28.4 Å². The van der Waals surface area contributed by atoms with E-state index >= 15 is 0 Å². The van der Waals surface area contributed by atoms with Gasteiger partial charge in [-0.05, 0) is 112 Å². The summed E-state index contributed by atoms with van der Waals surface area (Å²) >= 11 is 0. The molecule has 0 saturated heterocycles. The molecule has 0 radical (unpaired) electrons. The van der Waals surface area contributed by atoms with E-state index in [2.05, 4.69) is 85.8 Å². The SMILES string of the molecule is CCOc1ccc2[nH]cc(CCCCCc3nc(C)cc(Nc4cccc5c4C=CC(CC)C5)c3C)c2c1. The van der Waals surface area contributed by atoms with Gasteiger partial charge in [-0.15, -0.1) is 0 Å². The molecule has 0 aliphatic heterocycles. The first-order valence-corrected chi connectivity index (χ1v) is 14.3. The van der Waals surface area contributed by atoms with Gasteiger partial charge in [0.25, 0.3) is 0 Å². The molecule has 1 aliphatic carbocycles. The molecule has 0 spiro atoms. The Labute approximate surface area is 227 Å². The Hall–Kier alpha value is -3.53. The zero-order chi connectivity index (χ0) is 26.5. The maximum absolute atomic E-state index is 5.71. The Bertz CT molecular complexity index is 1430. The van der Waals surface area contributed by atoms with Gasteiger partial charge in [-0.3, -0.25) is 4.98 Å². The average Bonchev–Trinajstić information content (AvgIpc) is 3.33. The molecule has 1 atom stereocenters. The number of nitrogens with one attached hydrogen (secondary N) is 2. The van der Waals surface area contributed by atoms with Crippen LogP contribution >= 0.6 is 0 Å². The van der Waals surface area contributed by atoms with Crippen molar-refractivity contribution in [1.29, 1.82) is 0 Å². The van der Waals surface area contributed by atoms with E-state index in [0.717, 1.165) is 37.1 Å². The smallest absolute Gasteiger partial charge is 0.120 e. The second-order valence-electron chi connectivity index (χ2n) is 10.6. The molecular weight excluding hydrogens is 466 g/mol. The highest BCUT2D eigenvalue weighted by atomic mass is 16.5. The van der Waals surface area contributed by atoms with E-state index in [4.69, 9.17) is 9.72 Å². The van der Waals surface area contributed by atoms with Gasteiger partial charge in [0.15, 0.2) is 0 Å². The second kappa shape index (κ2) is 11.9. The van der Waals surface area contributed by atoms with Crippen LogP contribution in [0.4, 0.5) is 11.4 Å². The van der Waals surface area contributed by atoms with Crippen molar-refractivity contribution in [3.05, 3.63) is 88.4 Å². The topological polar surface area (TPSA) is 49.9 Å². The van der Waals surface area contributed by atoms with Gasteiger partial charge in [0, 0.05) is 45.4 Å². The van der Waals surface area contributed by atoms with Crippen LogP contribution in [0, 0.1) is 19.8 Å². The normalized spacial score (nSPS) is 14.6. The minimum absolute atomic E-state index is 0.651. The summed E-state index contributed by atoms with van der Waals surface area (Å²) in [7, 11) is 0. The van der Waals surface area contributed by atoms with Crippen molar-refractivity contribution in [3.8, 4) is 5.75 Å². The Balaban J connectivity index is 1.21. The molecule has 38 heavy (non-hydrogen) atoms. The number of rotatable bonds is 11. The number of aromatic amines is 1. The third kappa shape index (κ3) is 5.80. The predicted octanol–water partition coefficient (Wildman–Crippen LogP) is 8.87. The van der Waals surface area contributed by atoms with E-state index in [1.807, 2.05) is 13.0 Å². The highest BCUT2D eigenvalue weighted by Gasteiger charge is 2.16. The highest BCUT2D eigenvalue weighted by molar-refractivity contribution is 5.84. The van der Waals surface area contributed by atoms with Crippen LogP contribution < -0.4 is 10.1 Å². The highest BCUT2D eigenvalue weighted by Crippen LogP contribution is 2.33. The molecule has 0 fully saturated rings. The van der Waals surface area contributed by atoms with E-state index in [-0.39, 0.29) is 0 Å². The number of aryl methyl sites for hydroxylation is 3. The summed E-state index contributed by atoms with van der Waals surface area (Å²) in [5.74, 6) is 1.60. The molecule has 1 unspecified atom stereocenters. The van der Waals surface area contributed by atoms with Gasteiger partial charge in [-0.2, -0.15) is 0 Å². The number of unbranched alkanes of at least 4 members (excludes halogenated alkanes) is 2. The molecule has 4 heteroatoms. The van der Waals surface area contributed by atoms with Crippen LogP contribution in [0.25, 0.3) is 17.0 Å². The average molecular weight is 508 g/mol. The van der Waals surface area contributed by atoms with Crippen LogP contribution in [0.1, 0.15) is 73.2 Å². The van der Waals surface area contributed by atoms with Gasteiger partial charge in [0.1, 0.15) is 5.75 Å². The number of nitrogens with zero attached hydrogens (tertiary/aromatic N) is 1. The lowest BCUT2D eigenvalue weighted by molar-refractivity contribution is 0.340. The number of pyridine rings is 1. The molecule has 0 bridgehead atoms. The minimum Gasteiger partial charge on any atom is -0.494 e. The van der Waals surface area contributed by atoms with Crippen LogP contribution in [0.5, 0.6) is 5.75 Å². The van der Waals surface area contributed by atoms with Crippen LogP contribution in [-0.2, 0) is 19.3 Å². The third-order valence-corrected chi connectivity index (χ3v) is 7.92. The fourth-order valence-corrected chi connectivity index (χ4v) is 5.69. The van der Waals surface area contributed by atoms with Gasteiger partial charge in [-0.1, -0.05) is 37.6 Å². The lowest BCUT2D eigenvalue weighted by atomic mass is 9.87. The molecule has 1 aliphatic rings. The number of hydrogen-bond donors (Lipinski definition) is 2. The van der Waals surface area contributed by atoms with Crippen LogP contribution in [-0.4, -0.2) is 16.6 Å². The minimum atomic E-state index is 0.651. The summed E-state index contributed by atoms with van der Waals surface area (Å²) in [6, 6.07) is 15.2. The fraction of sp³-hybridized carbons (Fsp3) is 0.382. The summed E-state index contributed by atoms with van der Waals surface area (Å²) in [5.41, 5.74) is 11.3. The number of benzene rings is 2. The zero-order valence-electron chi connectivity index (χ0n) is 23.4. The van der Waals surface area contributed by atoms with Crippen molar-refractivity contribution in [1.82, 2.24) is 9.97 Å². The molecule has 2 aromatic heterocycles. The Morgan fingerprint density at radius 1 is 1.00 bits per heavy atom. The Morgan fingerprint density at radius 2 is 1.87 bits per heavy atom. The van der Waals surface area contributed by atoms with Crippen molar-refractivity contribution < 1.29 is 4.74 Å². The summed E-state index contributed by atoms with van der Waals surface area (Å²) in [4.78, 5) is 8.34. The number of aromatic nitrogens is 2. The van der Waals surface area contributed by atoms with Crippen molar-refractivity contribution in [3.63, 3.8) is 0 Å². The number of ether oxygens (including phenoxy) is 1. The first-order valence-electron chi connectivity index (χ1n) is 14.3. The summed E-state index contributed by atoms with van der Waals surface area (Å²) in [6.45, 7) is 9.31. The monoisotopic (exact) mass is 507 g/mol.